The van der Waals surface area contributed by atoms with Gasteiger partial charge in [0.2, 0.25) is 0 Å². The molecule has 0 spiro atoms. The topological polar surface area (TPSA) is 63.3 Å². The third kappa shape index (κ3) is 0.872. The SMILES string of the molecule is N[C@@H]1[C@H]2CC[C@H]1[C@H](C(=O)O)C2. The first-order chi connectivity index (χ1) is 5.20. The molecule has 0 aromatic rings. The first-order valence-electron chi connectivity index (χ1n) is 4.18. The molecule has 11 heavy (non-hydrogen) atoms. The lowest BCUT2D eigenvalue weighted by Crippen LogP contribution is -2.28. The molecule has 0 radical (unpaired) electrons. The summed E-state index contributed by atoms with van der Waals surface area (Å²) in [6, 6.07) is 0.177. The number of aliphatic carboxylic acids is 1. The van der Waals surface area contributed by atoms with E-state index in [1.807, 2.05) is 0 Å². The molecule has 2 fully saturated rings. The number of carboxylic acids is 1. The molecule has 0 unspecified atom stereocenters. The maximum atomic E-state index is 10.7. The molecule has 4 atom stereocenters. The summed E-state index contributed by atoms with van der Waals surface area (Å²) in [6.07, 6.45) is 3.00. The molecule has 3 N–H and O–H groups in total. The molecule has 0 amide bonds. The fourth-order valence-electron chi connectivity index (χ4n) is 2.67. The van der Waals surface area contributed by atoms with Crippen LogP contribution in [0.5, 0.6) is 0 Å². The molecule has 0 aliphatic heterocycles. The number of carbonyl (C=O) groups is 1. The standard InChI is InChI=1S/C8H13NO2/c9-7-4-1-2-5(7)6(3-4)8(10)11/h4-7H,1-3,9H2,(H,10,11)/t4-,5-,6+,7+/m0/s1. The summed E-state index contributed by atoms with van der Waals surface area (Å²) in [5.41, 5.74) is 5.85. The van der Waals surface area contributed by atoms with Crippen molar-refractivity contribution in [2.45, 2.75) is 25.3 Å². The third-order valence-electron chi connectivity index (χ3n) is 3.30. The summed E-state index contributed by atoms with van der Waals surface area (Å²) in [5.74, 6) is -0.00463. The predicted molar refractivity (Wildman–Crippen MR) is 39.9 cm³/mol. The summed E-state index contributed by atoms with van der Waals surface area (Å²) in [4.78, 5) is 10.7. The second-order valence-corrected chi connectivity index (χ2v) is 3.76. The van der Waals surface area contributed by atoms with E-state index in [2.05, 4.69) is 0 Å². The van der Waals surface area contributed by atoms with Gasteiger partial charge in [0.25, 0.3) is 0 Å². The first-order valence-corrected chi connectivity index (χ1v) is 4.18. The largest absolute Gasteiger partial charge is 0.481 e. The van der Waals surface area contributed by atoms with Crippen LogP contribution >= 0.6 is 0 Å². The Kier molecular flexibility index (Phi) is 1.42. The molecule has 2 aliphatic rings. The molecular formula is C8H13NO2. The molecule has 3 nitrogen and oxygen atoms in total. The highest BCUT2D eigenvalue weighted by atomic mass is 16.4. The zero-order chi connectivity index (χ0) is 8.01. The summed E-state index contributed by atoms with van der Waals surface area (Å²) in [5, 5.41) is 8.80. The van der Waals surface area contributed by atoms with Gasteiger partial charge in [0.15, 0.2) is 0 Å². The third-order valence-corrected chi connectivity index (χ3v) is 3.30. The summed E-state index contributed by atoms with van der Waals surface area (Å²) in [6.45, 7) is 0. The van der Waals surface area contributed by atoms with Crippen LogP contribution in [0.1, 0.15) is 19.3 Å². The Hall–Kier alpha value is -0.570. The fourth-order valence-corrected chi connectivity index (χ4v) is 2.67. The average molecular weight is 155 g/mol. The Morgan fingerprint density at radius 1 is 1.45 bits per heavy atom. The van der Waals surface area contributed by atoms with Gasteiger partial charge in [0.1, 0.15) is 0 Å². The molecule has 0 saturated heterocycles. The highest BCUT2D eigenvalue weighted by Gasteiger charge is 2.48. The van der Waals surface area contributed by atoms with Crippen molar-refractivity contribution in [1.82, 2.24) is 0 Å². The molecule has 2 rings (SSSR count). The summed E-state index contributed by atoms with van der Waals surface area (Å²) >= 11 is 0. The molecule has 0 aromatic heterocycles. The van der Waals surface area contributed by atoms with Gasteiger partial charge >= 0.3 is 5.97 Å². The highest BCUT2D eigenvalue weighted by Crippen LogP contribution is 2.47. The Balaban J connectivity index is 2.14. The Labute approximate surface area is 65.6 Å². The monoisotopic (exact) mass is 155 g/mol. The van der Waals surface area contributed by atoms with Crippen molar-refractivity contribution in [1.29, 1.82) is 0 Å². The van der Waals surface area contributed by atoms with Gasteiger partial charge in [0.05, 0.1) is 5.92 Å². The van der Waals surface area contributed by atoms with Crippen molar-refractivity contribution in [2.24, 2.45) is 23.5 Å². The molecule has 2 aliphatic carbocycles. The zero-order valence-electron chi connectivity index (χ0n) is 6.36. The van der Waals surface area contributed by atoms with E-state index in [9.17, 15) is 4.79 Å². The normalized spacial score (nSPS) is 48.1. The van der Waals surface area contributed by atoms with E-state index in [0.717, 1.165) is 19.3 Å². The number of carboxylic acid groups (broad SMARTS) is 1. The minimum Gasteiger partial charge on any atom is -0.481 e. The molecule has 62 valence electrons. The smallest absolute Gasteiger partial charge is 0.306 e. The van der Waals surface area contributed by atoms with Gasteiger partial charge in [-0.05, 0) is 31.1 Å². The van der Waals surface area contributed by atoms with E-state index in [-0.39, 0.29) is 17.9 Å². The predicted octanol–water partition coefficient (Wildman–Crippen LogP) is 0.444. The lowest BCUT2D eigenvalue weighted by atomic mass is 9.89. The lowest BCUT2D eigenvalue weighted by molar-refractivity contribution is -0.143. The van der Waals surface area contributed by atoms with Crippen molar-refractivity contribution in [3.05, 3.63) is 0 Å². The van der Waals surface area contributed by atoms with Crippen molar-refractivity contribution in [3.63, 3.8) is 0 Å². The zero-order valence-corrected chi connectivity index (χ0v) is 6.36. The fraction of sp³-hybridized carbons (Fsp3) is 0.875. The van der Waals surface area contributed by atoms with Gasteiger partial charge in [-0.1, -0.05) is 0 Å². The summed E-state index contributed by atoms with van der Waals surface area (Å²) in [7, 11) is 0. The van der Waals surface area contributed by atoms with Gasteiger partial charge in [-0.25, -0.2) is 0 Å². The van der Waals surface area contributed by atoms with Crippen LogP contribution in [0.25, 0.3) is 0 Å². The molecule has 0 heterocycles. The van der Waals surface area contributed by atoms with Crippen LogP contribution < -0.4 is 5.73 Å². The van der Waals surface area contributed by atoms with Gasteiger partial charge in [0, 0.05) is 6.04 Å². The van der Waals surface area contributed by atoms with Gasteiger partial charge in [-0.15, -0.1) is 0 Å². The van der Waals surface area contributed by atoms with Crippen molar-refractivity contribution in [2.75, 3.05) is 0 Å². The number of hydrogen-bond acceptors (Lipinski definition) is 2. The number of rotatable bonds is 1. The van der Waals surface area contributed by atoms with Crippen LogP contribution in [-0.4, -0.2) is 17.1 Å². The minimum atomic E-state index is -0.646. The maximum absolute atomic E-state index is 10.7. The van der Waals surface area contributed by atoms with E-state index in [0.29, 0.717) is 5.92 Å². The molecule has 2 bridgehead atoms. The van der Waals surface area contributed by atoms with Gasteiger partial charge in [-0.3, -0.25) is 4.79 Å². The quantitative estimate of drug-likeness (QED) is 0.577. The second-order valence-electron chi connectivity index (χ2n) is 3.76. The van der Waals surface area contributed by atoms with Crippen LogP contribution in [0.3, 0.4) is 0 Å². The first kappa shape index (κ1) is 7.10. The van der Waals surface area contributed by atoms with Crippen LogP contribution in [0.2, 0.25) is 0 Å². The van der Waals surface area contributed by atoms with Gasteiger partial charge < -0.3 is 10.8 Å². The molecule has 2 saturated carbocycles. The number of fused-ring (bicyclic) bond motifs is 2. The highest BCUT2D eigenvalue weighted by molar-refractivity contribution is 5.71. The minimum absolute atomic E-state index is 0.135. The Morgan fingerprint density at radius 2 is 2.18 bits per heavy atom. The van der Waals surface area contributed by atoms with Crippen molar-refractivity contribution >= 4 is 5.97 Å². The molecular weight excluding hydrogens is 142 g/mol. The van der Waals surface area contributed by atoms with E-state index >= 15 is 0 Å². The Morgan fingerprint density at radius 3 is 2.45 bits per heavy atom. The van der Waals surface area contributed by atoms with Crippen LogP contribution in [0.15, 0.2) is 0 Å². The van der Waals surface area contributed by atoms with Gasteiger partial charge in [-0.2, -0.15) is 0 Å². The number of hydrogen-bond donors (Lipinski definition) is 2. The Bertz CT molecular complexity index is 193. The van der Waals surface area contributed by atoms with E-state index in [4.69, 9.17) is 10.8 Å². The van der Waals surface area contributed by atoms with Crippen LogP contribution in [0.4, 0.5) is 0 Å². The van der Waals surface area contributed by atoms with E-state index in [1.54, 1.807) is 0 Å². The van der Waals surface area contributed by atoms with Crippen molar-refractivity contribution in [3.8, 4) is 0 Å². The molecule has 0 aromatic carbocycles. The maximum Gasteiger partial charge on any atom is 0.306 e. The lowest BCUT2D eigenvalue weighted by Gasteiger charge is -2.16. The second kappa shape index (κ2) is 2.21. The van der Waals surface area contributed by atoms with E-state index < -0.39 is 5.97 Å². The molecule has 3 heteroatoms. The van der Waals surface area contributed by atoms with Crippen LogP contribution in [0, 0.1) is 17.8 Å². The number of nitrogens with two attached hydrogens (primary N) is 1. The van der Waals surface area contributed by atoms with Crippen molar-refractivity contribution < 1.29 is 9.90 Å². The van der Waals surface area contributed by atoms with E-state index in [1.165, 1.54) is 0 Å². The average Bonchev–Trinajstić information content (AvgIpc) is 2.46. The van der Waals surface area contributed by atoms with Crippen LogP contribution in [-0.2, 0) is 4.79 Å². The summed E-state index contributed by atoms with van der Waals surface area (Å²) < 4.78 is 0.